The molecule has 0 saturated carbocycles. The summed E-state index contributed by atoms with van der Waals surface area (Å²) >= 11 is 0. The second kappa shape index (κ2) is 10.9. The molecule has 1 aromatic rings. The van der Waals surface area contributed by atoms with Crippen molar-refractivity contribution in [2.75, 3.05) is 25.6 Å². The highest BCUT2D eigenvalue weighted by atomic mass is 16.3. The largest absolute Gasteiger partial charge is 0.389 e. The molecule has 0 unspecified atom stereocenters. The first kappa shape index (κ1) is 19.4. The number of benzene rings is 1. The standard InChI is InChI=1S/C19H29NO3/c1-20(2)17-12-10-16(11-13-17)14-18(22)8-6-4-3-5-7-9-19(23)15-21/h10-13,21H,3-9,14-15H2,1-2H3. The molecule has 1 N–H and O–H groups in total. The molecule has 1 rings (SSSR count). The lowest BCUT2D eigenvalue weighted by atomic mass is 10.0. The Morgan fingerprint density at radius 3 is 1.91 bits per heavy atom. The smallest absolute Gasteiger partial charge is 0.158 e. The highest BCUT2D eigenvalue weighted by molar-refractivity contribution is 5.81. The molecule has 0 bridgehead atoms. The van der Waals surface area contributed by atoms with Gasteiger partial charge < -0.3 is 10.0 Å². The number of aliphatic hydroxyl groups is 1. The van der Waals surface area contributed by atoms with Crippen LogP contribution in [0.25, 0.3) is 0 Å². The fraction of sp³-hybridized carbons (Fsp3) is 0.579. The maximum absolute atomic E-state index is 12.0. The molecule has 0 radical (unpaired) electrons. The van der Waals surface area contributed by atoms with Crippen LogP contribution >= 0.6 is 0 Å². The molecule has 128 valence electrons. The van der Waals surface area contributed by atoms with Crippen LogP contribution in [0.1, 0.15) is 50.5 Å². The fourth-order valence-electron chi connectivity index (χ4n) is 2.48. The molecule has 0 spiro atoms. The fourth-order valence-corrected chi connectivity index (χ4v) is 2.48. The summed E-state index contributed by atoms with van der Waals surface area (Å²) in [5.41, 5.74) is 2.21. The minimum atomic E-state index is -0.343. The van der Waals surface area contributed by atoms with Crippen molar-refractivity contribution in [3.05, 3.63) is 29.8 Å². The normalized spacial score (nSPS) is 10.6. The molecule has 0 saturated heterocycles. The van der Waals surface area contributed by atoms with Gasteiger partial charge in [0.15, 0.2) is 5.78 Å². The highest BCUT2D eigenvalue weighted by Gasteiger charge is 2.05. The third-order valence-electron chi connectivity index (χ3n) is 3.94. The van der Waals surface area contributed by atoms with Crippen molar-refractivity contribution >= 4 is 17.3 Å². The van der Waals surface area contributed by atoms with Crippen LogP contribution in [-0.2, 0) is 16.0 Å². The second-order valence-electron chi connectivity index (χ2n) is 6.24. The van der Waals surface area contributed by atoms with Gasteiger partial charge in [0, 0.05) is 39.0 Å². The Labute approximate surface area is 139 Å². The lowest BCUT2D eigenvalue weighted by Crippen LogP contribution is -2.08. The average molecular weight is 319 g/mol. The van der Waals surface area contributed by atoms with E-state index in [1.54, 1.807) is 0 Å². The number of aliphatic hydroxyl groups excluding tert-OH is 1. The molecule has 0 aliphatic rings. The maximum Gasteiger partial charge on any atom is 0.158 e. The van der Waals surface area contributed by atoms with E-state index in [9.17, 15) is 9.59 Å². The number of Topliss-reactive ketones (excluding diaryl/α,β-unsaturated/α-hetero) is 2. The Balaban J connectivity index is 2.11. The van der Waals surface area contributed by atoms with E-state index >= 15 is 0 Å². The van der Waals surface area contributed by atoms with Gasteiger partial charge in [0.05, 0.1) is 0 Å². The summed E-state index contributed by atoms with van der Waals surface area (Å²) in [5, 5.41) is 8.61. The van der Waals surface area contributed by atoms with Gasteiger partial charge in [-0.3, -0.25) is 9.59 Å². The average Bonchev–Trinajstić information content (AvgIpc) is 2.54. The Kier molecular flexibility index (Phi) is 9.22. The van der Waals surface area contributed by atoms with E-state index in [0.717, 1.165) is 43.4 Å². The maximum atomic E-state index is 12.0. The number of nitrogens with zero attached hydrogens (tertiary/aromatic N) is 1. The van der Waals surface area contributed by atoms with Crippen molar-refractivity contribution in [2.24, 2.45) is 0 Å². The topological polar surface area (TPSA) is 57.6 Å². The molecule has 4 nitrogen and oxygen atoms in total. The van der Waals surface area contributed by atoms with Crippen molar-refractivity contribution in [3.8, 4) is 0 Å². The minimum Gasteiger partial charge on any atom is -0.389 e. The second-order valence-corrected chi connectivity index (χ2v) is 6.24. The summed E-state index contributed by atoms with van der Waals surface area (Å²) < 4.78 is 0. The summed E-state index contributed by atoms with van der Waals surface area (Å²) in [4.78, 5) is 24.9. The van der Waals surface area contributed by atoms with Crippen LogP contribution in [0.5, 0.6) is 0 Å². The van der Waals surface area contributed by atoms with E-state index < -0.39 is 0 Å². The molecular formula is C19H29NO3. The van der Waals surface area contributed by atoms with Gasteiger partial charge in [0.2, 0.25) is 0 Å². The zero-order valence-corrected chi connectivity index (χ0v) is 14.4. The summed E-state index contributed by atoms with van der Waals surface area (Å²) in [6.45, 7) is -0.343. The first-order valence-corrected chi connectivity index (χ1v) is 8.43. The molecule has 4 heteroatoms. The number of hydrogen-bond acceptors (Lipinski definition) is 4. The van der Waals surface area contributed by atoms with Gasteiger partial charge in [0.1, 0.15) is 12.4 Å². The quantitative estimate of drug-likeness (QED) is 0.601. The molecule has 0 amide bonds. The molecule has 1 aromatic carbocycles. The Bertz CT molecular complexity index is 480. The first-order chi connectivity index (χ1) is 11.0. The molecular weight excluding hydrogens is 290 g/mol. The van der Waals surface area contributed by atoms with E-state index in [2.05, 4.69) is 0 Å². The monoisotopic (exact) mass is 319 g/mol. The zero-order valence-electron chi connectivity index (χ0n) is 14.4. The van der Waals surface area contributed by atoms with Crippen LogP contribution in [0.3, 0.4) is 0 Å². The van der Waals surface area contributed by atoms with Crippen molar-refractivity contribution in [2.45, 2.75) is 51.4 Å². The Morgan fingerprint density at radius 1 is 0.870 bits per heavy atom. The predicted octanol–water partition coefficient (Wildman–Crippen LogP) is 3.16. The number of carbonyl (C=O) groups is 2. The summed E-state index contributed by atoms with van der Waals surface area (Å²) in [6, 6.07) is 8.11. The van der Waals surface area contributed by atoms with Crippen LogP contribution in [0.15, 0.2) is 24.3 Å². The zero-order chi connectivity index (χ0) is 17.1. The van der Waals surface area contributed by atoms with E-state index in [4.69, 9.17) is 5.11 Å². The Hall–Kier alpha value is -1.68. The van der Waals surface area contributed by atoms with Gasteiger partial charge in [-0.1, -0.05) is 31.4 Å². The minimum absolute atomic E-state index is 0.0829. The third kappa shape index (κ3) is 8.50. The van der Waals surface area contributed by atoms with Crippen molar-refractivity contribution in [1.29, 1.82) is 0 Å². The van der Waals surface area contributed by atoms with E-state index in [1.807, 2.05) is 43.3 Å². The molecule has 0 heterocycles. The van der Waals surface area contributed by atoms with Gasteiger partial charge in [-0.25, -0.2) is 0 Å². The molecule has 0 aliphatic carbocycles. The molecule has 0 atom stereocenters. The SMILES string of the molecule is CN(C)c1ccc(CC(=O)CCCCCCCC(=O)CO)cc1. The van der Waals surface area contributed by atoms with Crippen LogP contribution < -0.4 is 4.90 Å². The lowest BCUT2D eigenvalue weighted by Gasteiger charge is -2.12. The number of ketones is 2. The molecule has 0 fully saturated rings. The molecule has 23 heavy (non-hydrogen) atoms. The van der Waals surface area contributed by atoms with Gasteiger partial charge in [-0.05, 0) is 30.5 Å². The highest BCUT2D eigenvalue weighted by Crippen LogP contribution is 2.14. The first-order valence-electron chi connectivity index (χ1n) is 8.43. The predicted molar refractivity (Wildman–Crippen MR) is 93.9 cm³/mol. The molecule has 0 aliphatic heterocycles. The number of hydrogen-bond donors (Lipinski definition) is 1. The summed E-state index contributed by atoms with van der Waals surface area (Å²) in [7, 11) is 4.00. The van der Waals surface area contributed by atoms with Gasteiger partial charge in [-0.2, -0.15) is 0 Å². The van der Waals surface area contributed by atoms with E-state index in [1.165, 1.54) is 0 Å². The van der Waals surface area contributed by atoms with Crippen molar-refractivity contribution in [3.63, 3.8) is 0 Å². The summed E-state index contributed by atoms with van der Waals surface area (Å²) in [5.74, 6) is 0.207. The number of rotatable bonds is 12. The summed E-state index contributed by atoms with van der Waals surface area (Å²) in [6.07, 6.45) is 6.43. The van der Waals surface area contributed by atoms with Gasteiger partial charge in [-0.15, -0.1) is 0 Å². The van der Waals surface area contributed by atoms with E-state index in [0.29, 0.717) is 19.3 Å². The van der Waals surface area contributed by atoms with Crippen LogP contribution in [-0.4, -0.2) is 37.4 Å². The van der Waals surface area contributed by atoms with Crippen LogP contribution in [0, 0.1) is 0 Å². The lowest BCUT2D eigenvalue weighted by molar-refractivity contribution is -0.122. The van der Waals surface area contributed by atoms with Gasteiger partial charge in [0.25, 0.3) is 0 Å². The molecule has 0 aromatic heterocycles. The number of unbranched alkanes of at least 4 members (excludes halogenated alkanes) is 4. The third-order valence-corrected chi connectivity index (χ3v) is 3.94. The number of carbonyl (C=O) groups excluding carboxylic acids is 2. The van der Waals surface area contributed by atoms with Gasteiger partial charge >= 0.3 is 0 Å². The van der Waals surface area contributed by atoms with Crippen molar-refractivity contribution in [1.82, 2.24) is 0 Å². The van der Waals surface area contributed by atoms with E-state index in [-0.39, 0.29) is 18.2 Å². The Morgan fingerprint density at radius 2 is 1.39 bits per heavy atom. The van der Waals surface area contributed by atoms with Crippen LogP contribution in [0.4, 0.5) is 5.69 Å². The van der Waals surface area contributed by atoms with Crippen LogP contribution in [0.2, 0.25) is 0 Å². The van der Waals surface area contributed by atoms with Crippen molar-refractivity contribution < 1.29 is 14.7 Å². The number of anilines is 1.